The van der Waals surface area contributed by atoms with Gasteiger partial charge in [0.1, 0.15) is 11.4 Å². The van der Waals surface area contributed by atoms with Crippen LogP contribution in [0.15, 0.2) is 60.7 Å². The Balaban J connectivity index is 1.95. The third-order valence-electron chi connectivity index (χ3n) is 5.41. The summed E-state index contributed by atoms with van der Waals surface area (Å²) in [7, 11) is 1.58. The number of carbonyl (C=O) groups is 1. The predicted octanol–water partition coefficient (Wildman–Crippen LogP) is 3.27. The summed E-state index contributed by atoms with van der Waals surface area (Å²) in [6, 6.07) is 16.6. The smallest absolute Gasteiger partial charge is 0.270 e. The minimum atomic E-state index is -0.367. The molecule has 176 valence electrons. The number of benzene rings is 2. The first kappa shape index (κ1) is 24.7. The van der Waals surface area contributed by atoms with Crippen molar-refractivity contribution >= 4 is 22.4 Å². The molecule has 0 unspecified atom stereocenters. The molecular formula is C26H28N4O4. The molecule has 0 bridgehead atoms. The number of aromatic nitrogens is 1. The van der Waals surface area contributed by atoms with Crippen LogP contribution in [0.1, 0.15) is 23.3 Å². The standard InChI is InChI=1S/C26H28N4O4/c1-17(15-27)16-28-25-21-14-19(7-6-18(21)8-9-24(25)34-2)22-4-3-5-23(30-22)26(33)29-20(10-12-31)11-13-32/h3-9,14,20,28,31-32H,1,10-13,16H2,2H3,(H,29,33). The van der Waals surface area contributed by atoms with Gasteiger partial charge in [0.2, 0.25) is 0 Å². The van der Waals surface area contributed by atoms with Crippen LogP contribution in [0.4, 0.5) is 5.69 Å². The number of hydrogen-bond acceptors (Lipinski definition) is 7. The van der Waals surface area contributed by atoms with Crippen molar-refractivity contribution in [2.75, 3.05) is 32.2 Å². The Morgan fingerprint density at radius 2 is 1.91 bits per heavy atom. The van der Waals surface area contributed by atoms with Crippen LogP contribution in [-0.4, -0.2) is 54.0 Å². The maximum Gasteiger partial charge on any atom is 0.270 e. The van der Waals surface area contributed by atoms with Gasteiger partial charge in [0.15, 0.2) is 0 Å². The number of aliphatic hydroxyl groups excluding tert-OH is 2. The van der Waals surface area contributed by atoms with Gasteiger partial charge in [-0.1, -0.05) is 30.8 Å². The molecule has 3 rings (SSSR count). The Bertz CT molecular complexity index is 1210. The Morgan fingerprint density at radius 3 is 2.59 bits per heavy atom. The number of carbonyl (C=O) groups excluding carboxylic acids is 1. The zero-order valence-electron chi connectivity index (χ0n) is 19.0. The number of ether oxygens (including phenoxy) is 1. The van der Waals surface area contributed by atoms with Crippen molar-refractivity contribution in [1.29, 1.82) is 5.26 Å². The number of hydrogen-bond donors (Lipinski definition) is 4. The van der Waals surface area contributed by atoms with Gasteiger partial charge in [-0.15, -0.1) is 0 Å². The van der Waals surface area contributed by atoms with E-state index >= 15 is 0 Å². The summed E-state index contributed by atoms with van der Waals surface area (Å²) in [6.45, 7) is 3.83. The minimum absolute atomic E-state index is 0.0863. The van der Waals surface area contributed by atoms with Crippen LogP contribution in [-0.2, 0) is 0 Å². The number of rotatable bonds is 11. The topological polar surface area (TPSA) is 128 Å². The van der Waals surface area contributed by atoms with Gasteiger partial charge in [-0.3, -0.25) is 4.79 Å². The van der Waals surface area contributed by atoms with E-state index in [2.05, 4.69) is 22.2 Å². The predicted molar refractivity (Wildman–Crippen MR) is 132 cm³/mol. The second-order valence-corrected chi connectivity index (χ2v) is 7.75. The van der Waals surface area contributed by atoms with Gasteiger partial charge in [0, 0.05) is 42.3 Å². The SMILES string of the molecule is C=C(C#N)CNc1c(OC)ccc2ccc(-c3cccc(C(=O)NC(CCO)CCO)n3)cc12. The quantitative estimate of drug-likeness (QED) is 0.323. The van der Waals surface area contributed by atoms with Gasteiger partial charge >= 0.3 is 0 Å². The highest BCUT2D eigenvalue weighted by molar-refractivity contribution is 5.99. The van der Waals surface area contributed by atoms with Crippen LogP contribution in [0, 0.1) is 11.3 Å². The first-order valence-corrected chi connectivity index (χ1v) is 10.9. The van der Waals surface area contributed by atoms with Crippen molar-refractivity contribution in [3.63, 3.8) is 0 Å². The van der Waals surface area contributed by atoms with Crippen LogP contribution >= 0.6 is 0 Å². The normalized spacial score (nSPS) is 10.7. The van der Waals surface area contributed by atoms with E-state index in [0.29, 0.717) is 29.9 Å². The highest BCUT2D eigenvalue weighted by Crippen LogP contribution is 2.35. The van der Waals surface area contributed by atoms with Crippen LogP contribution in [0.25, 0.3) is 22.0 Å². The molecule has 34 heavy (non-hydrogen) atoms. The number of amides is 1. The number of anilines is 1. The fourth-order valence-electron chi connectivity index (χ4n) is 3.63. The zero-order chi connectivity index (χ0) is 24.5. The van der Waals surface area contributed by atoms with Crippen molar-refractivity contribution in [2.45, 2.75) is 18.9 Å². The molecule has 0 saturated heterocycles. The molecule has 0 spiro atoms. The van der Waals surface area contributed by atoms with Crippen LogP contribution in [0.5, 0.6) is 5.75 Å². The van der Waals surface area contributed by atoms with E-state index in [4.69, 9.17) is 10.00 Å². The lowest BCUT2D eigenvalue weighted by Gasteiger charge is -2.17. The van der Waals surface area contributed by atoms with Gasteiger partial charge in [-0.05, 0) is 42.5 Å². The van der Waals surface area contributed by atoms with Crippen LogP contribution in [0.2, 0.25) is 0 Å². The summed E-state index contributed by atoms with van der Waals surface area (Å²) in [5.74, 6) is 0.267. The monoisotopic (exact) mass is 460 g/mol. The van der Waals surface area contributed by atoms with Gasteiger partial charge in [-0.2, -0.15) is 5.26 Å². The fourth-order valence-corrected chi connectivity index (χ4v) is 3.63. The molecule has 0 aliphatic carbocycles. The lowest BCUT2D eigenvalue weighted by Crippen LogP contribution is -2.36. The summed E-state index contributed by atoms with van der Waals surface area (Å²) in [5, 5.41) is 35.3. The van der Waals surface area contributed by atoms with Crippen molar-refractivity contribution in [3.05, 3.63) is 66.4 Å². The first-order chi connectivity index (χ1) is 16.5. The van der Waals surface area contributed by atoms with Crippen molar-refractivity contribution in [2.24, 2.45) is 0 Å². The van der Waals surface area contributed by atoms with E-state index in [0.717, 1.165) is 22.0 Å². The van der Waals surface area contributed by atoms with Crippen molar-refractivity contribution < 1.29 is 19.7 Å². The number of aliphatic hydroxyl groups is 2. The lowest BCUT2D eigenvalue weighted by molar-refractivity contribution is 0.0917. The van der Waals surface area contributed by atoms with Gasteiger partial charge < -0.3 is 25.6 Å². The summed E-state index contributed by atoms with van der Waals surface area (Å²) in [6.07, 6.45) is 0.707. The molecule has 8 heteroatoms. The number of fused-ring (bicyclic) bond motifs is 1. The summed E-state index contributed by atoms with van der Waals surface area (Å²) in [4.78, 5) is 17.3. The second-order valence-electron chi connectivity index (χ2n) is 7.75. The average molecular weight is 461 g/mol. The number of pyridine rings is 1. The van der Waals surface area contributed by atoms with E-state index in [1.807, 2.05) is 42.5 Å². The molecule has 1 aromatic heterocycles. The third kappa shape index (κ3) is 5.90. The molecule has 0 fully saturated rings. The van der Waals surface area contributed by atoms with Gasteiger partial charge in [-0.25, -0.2) is 4.98 Å². The van der Waals surface area contributed by atoms with Gasteiger partial charge in [0.25, 0.3) is 5.91 Å². The zero-order valence-corrected chi connectivity index (χ0v) is 19.0. The number of methoxy groups -OCH3 is 1. The Kier molecular flexibility index (Phi) is 8.57. The van der Waals surface area contributed by atoms with Crippen LogP contribution < -0.4 is 15.4 Å². The Hall–Kier alpha value is -3.93. The largest absolute Gasteiger partial charge is 0.495 e. The molecule has 1 amide bonds. The number of nitrogens with zero attached hydrogens (tertiary/aromatic N) is 2. The average Bonchev–Trinajstić information content (AvgIpc) is 2.86. The molecule has 0 atom stereocenters. The van der Waals surface area contributed by atoms with E-state index in [1.165, 1.54) is 0 Å². The number of nitrogens with one attached hydrogen (secondary N) is 2. The minimum Gasteiger partial charge on any atom is -0.495 e. The second kappa shape index (κ2) is 11.8. The Morgan fingerprint density at radius 1 is 1.18 bits per heavy atom. The van der Waals surface area contributed by atoms with Crippen molar-refractivity contribution in [1.82, 2.24) is 10.3 Å². The molecule has 2 aromatic carbocycles. The molecule has 0 radical (unpaired) electrons. The highest BCUT2D eigenvalue weighted by atomic mass is 16.5. The number of nitriles is 1. The van der Waals surface area contributed by atoms with E-state index in [9.17, 15) is 15.0 Å². The maximum absolute atomic E-state index is 12.7. The van der Waals surface area contributed by atoms with Crippen molar-refractivity contribution in [3.8, 4) is 23.1 Å². The molecule has 0 aliphatic rings. The summed E-state index contributed by atoms with van der Waals surface area (Å²) >= 11 is 0. The third-order valence-corrected chi connectivity index (χ3v) is 5.41. The van der Waals surface area contributed by atoms with Gasteiger partial charge in [0.05, 0.1) is 24.6 Å². The molecule has 3 aromatic rings. The van der Waals surface area contributed by atoms with Crippen LogP contribution in [0.3, 0.4) is 0 Å². The molecule has 1 heterocycles. The van der Waals surface area contributed by atoms with E-state index in [1.54, 1.807) is 19.2 Å². The summed E-state index contributed by atoms with van der Waals surface area (Å²) in [5.41, 5.74) is 2.80. The molecule has 8 nitrogen and oxygen atoms in total. The Labute approximate surface area is 198 Å². The molecule has 0 saturated carbocycles. The highest BCUT2D eigenvalue weighted by Gasteiger charge is 2.16. The molecule has 4 N–H and O–H groups in total. The molecular weight excluding hydrogens is 432 g/mol. The van der Waals surface area contributed by atoms with E-state index in [-0.39, 0.29) is 37.4 Å². The first-order valence-electron chi connectivity index (χ1n) is 10.9. The summed E-state index contributed by atoms with van der Waals surface area (Å²) < 4.78 is 5.51. The van der Waals surface area contributed by atoms with E-state index < -0.39 is 0 Å². The lowest BCUT2D eigenvalue weighted by atomic mass is 10.0. The molecule has 0 aliphatic heterocycles. The fraction of sp³-hybridized carbons (Fsp3) is 0.269. The maximum atomic E-state index is 12.7.